The van der Waals surface area contributed by atoms with E-state index in [-0.39, 0.29) is 23.8 Å². The van der Waals surface area contributed by atoms with Gasteiger partial charge < -0.3 is 15.0 Å². The molecule has 0 radical (unpaired) electrons. The highest BCUT2D eigenvalue weighted by Gasteiger charge is 2.20. The largest absolute Gasteiger partial charge is 0.456 e. The van der Waals surface area contributed by atoms with E-state index in [0.717, 1.165) is 10.5 Å². The van der Waals surface area contributed by atoms with Gasteiger partial charge in [0.05, 0.1) is 23.6 Å². The zero-order valence-electron chi connectivity index (χ0n) is 16.9. The van der Waals surface area contributed by atoms with Gasteiger partial charge >= 0.3 is 5.97 Å². The first-order valence-electron chi connectivity index (χ1n) is 8.80. The maximum atomic E-state index is 12.2. The number of rotatable bonds is 8. The first-order valence-corrected chi connectivity index (χ1v) is 10.5. The lowest BCUT2D eigenvalue weighted by molar-refractivity contribution is -0.151. The number of sulfone groups is 1. The van der Waals surface area contributed by atoms with Gasteiger partial charge in [-0.05, 0) is 39.8 Å². The molecule has 0 aromatic heterocycles. The van der Waals surface area contributed by atoms with Crippen molar-refractivity contribution in [3.8, 4) is 0 Å². The maximum absolute atomic E-state index is 12.2. The van der Waals surface area contributed by atoms with Crippen molar-refractivity contribution in [1.29, 1.82) is 0 Å². The van der Waals surface area contributed by atoms with Crippen molar-refractivity contribution < 1.29 is 27.5 Å². The molecule has 2 amide bonds. The number of esters is 1. The number of likely N-dealkylation sites (N-methyl/N-ethyl adjacent to an activating group) is 1. The third-order valence-electron chi connectivity index (χ3n) is 3.63. The van der Waals surface area contributed by atoms with Crippen LogP contribution in [-0.4, -0.2) is 62.6 Å². The van der Waals surface area contributed by atoms with Crippen molar-refractivity contribution in [2.45, 2.75) is 44.6 Å². The molecule has 8 nitrogen and oxygen atoms in total. The summed E-state index contributed by atoms with van der Waals surface area (Å²) in [6.07, 6.45) is -0.363. The van der Waals surface area contributed by atoms with Gasteiger partial charge in [0.25, 0.3) is 5.91 Å². The third kappa shape index (κ3) is 8.51. The topological polar surface area (TPSA) is 110 Å². The molecule has 0 aliphatic carbocycles. The van der Waals surface area contributed by atoms with Crippen LogP contribution in [-0.2, 0) is 29.0 Å². The summed E-state index contributed by atoms with van der Waals surface area (Å²) in [5.41, 5.74) is 0.508. The van der Waals surface area contributed by atoms with Crippen LogP contribution < -0.4 is 5.32 Å². The van der Waals surface area contributed by atoms with Gasteiger partial charge in [0, 0.05) is 12.6 Å². The summed E-state index contributed by atoms with van der Waals surface area (Å²) in [4.78, 5) is 36.8. The van der Waals surface area contributed by atoms with Crippen molar-refractivity contribution in [2.24, 2.45) is 0 Å². The lowest BCUT2D eigenvalue weighted by Gasteiger charge is -2.23. The molecule has 0 atom stereocenters. The average molecular weight is 413 g/mol. The number of hydrogen-bond donors (Lipinski definition) is 1. The van der Waals surface area contributed by atoms with Gasteiger partial charge in [0.2, 0.25) is 5.91 Å². The van der Waals surface area contributed by atoms with Crippen LogP contribution >= 0.6 is 0 Å². The Morgan fingerprint density at radius 1 is 1.11 bits per heavy atom. The summed E-state index contributed by atoms with van der Waals surface area (Å²) in [7, 11) is -2.19. The van der Waals surface area contributed by atoms with Gasteiger partial charge in [0.1, 0.15) is 0 Å². The predicted molar refractivity (Wildman–Crippen MR) is 104 cm³/mol. The minimum Gasteiger partial charge on any atom is -0.456 e. The molecule has 1 aromatic rings. The molecule has 156 valence electrons. The number of benzene rings is 1. The summed E-state index contributed by atoms with van der Waals surface area (Å²) in [6.45, 7) is 6.57. The first-order chi connectivity index (χ1) is 12.8. The zero-order valence-corrected chi connectivity index (χ0v) is 17.8. The van der Waals surface area contributed by atoms with E-state index >= 15 is 0 Å². The summed E-state index contributed by atoms with van der Waals surface area (Å²) in [5, 5.41) is 2.72. The van der Waals surface area contributed by atoms with Gasteiger partial charge in [0.15, 0.2) is 16.4 Å². The number of nitrogens with zero attached hydrogens (tertiary/aromatic N) is 1. The number of carbonyl (C=O) groups excluding carboxylic acids is 3. The third-order valence-corrected chi connectivity index (χ3v) is 5.36. The maximum Gasteiger partial charge on any atom is 0.307 e. The molecule has 0 aliphatic rings. The van der Waals surface area contributed by atoms with E-state index in [1.54, 1.807) is 12.1 Å². The van der Waals surface area contributed by atoms with Crippen molar-refractivity contribution >= 4 is 27.6 Å². The smallest absolute Gasteiger partial charge is 0.307 e. The van der Waals surface area contributed by atoms with Gasteiger partial charge in [-0.1, -0.05) is 17.7 Å². The van der Waals surface area contributed by atoms with Crippen LogP contribution in [0.15, 0.2) is 29.2 Å². The average Bonchev–Trinajstić information content (AvgIpc) is 2.56. The molecule has 9 heteroatoms. The molecule has 0 unspecified atom stereocenters. The highest BCUT2D eigenvalue weighted by Crippen LogP contribution is 2.13. The molecule has 0 aliphatic heterocycles. The lowest BCUT2D eigenvalue weighted by atomic mass is 10.1. The van der Waals surface area contributed by atoms with E-state index in [4.69, 9.17) is 4.74 Å². The monoisotopic (exact) mass is 412 g/mol. The number of amides is 2. The Bertz CT molecular complexity index is 810. The summed E-state index contributed by atoms with van der Waals surface area (Å²) < 4.78 is 29.2. The molecule has 0 saturated heterocycles. The van der Waals surface area contributed by atoms with Crippen LogP contribution in [0.1, 0.15) is 32.8 Å². The minimum absolute atomic E-state index is 0.131. The van der Waals surface area contributed by atoms with Crippen LogP contribution in [0.5, 0.6) is 0 Å². The Labute approximate surface area is 166 Å². The Morgan fingerprint density at radius 2 is 1.68 bits per heavy atom. The van der Waals surface area contributed by atoms with Crippen molar-refractivity contribution in [1.82, 2.24) is 10.2 Å². The fraction of sp³-hybridized carbons (Fsp3) is 0.526. The molecular weight excluding hydrogens is 384 g/mol. The van der Waals surface area contributed by atoms with Crippen LogP contribution in [0.3, 0.4) is 0 Å². The van der Waals surface area contributed by atoms with Gasteiger partial charge in [-0.3, -0.25) is 14.4 Å². The molecule has 0 spiro atoms. The Balaban J connectivity index is 2.44. The molecule has 1 N–H and O–H groups in total. The van der Waals surface area contributed by atoms with E-state index in [1.807, 2.05) is 27.7 Å². The second-order valence-corrected chi connectivity index (χ2v) is 9.70. The second-order valence-electron chi connectivity index (χ2n) is 7.59. The SMILES string of the molecule is Cc1ccc(S(=O)(=O)CCC(=O)OCC(=O)N(C)CC(=O)NC(C)(C)C)cc1. The summed E-state index contributed by atoms with van der Waals surface area (Å²) >= 11 is 0. The Kier molecular flexibility index (Phi) is 8.16. The van der Waals surface area contributed by atoms with Crippen LogP contribution in [0.2, 0.25) is 0 Å². The summed E-state index contributed by atoms with van der Waals surface area (Å²) in [5.74, 6) is -2.10. The summed E-state index contributed by atoms with van der Waals surface area (Å²) in [6, 6.07) is 6.32. The molecule has 0 bridgehead atoms. The van der Waals surface area contributed by atoms with Gasteiger partial charge in [-0.2, -0.15) is 0 Å². The first kappa shape index (κ1) is 23.6. The molecule has 0 saturated carbocycles. The normalized spacial score (nSPS) is 11.6. The quantitative estimate of drug-likeness (QED) is 0.640. The van der Waals surface area contributed by atoms with E-state index in [2.05, 4.69) is 5.32 Å². The Hall–Kier alpha value is -2.42. The van der Waals surface area contributed by atoms with Crippen LogP contribution in [0, 0.1) is 6.92 Å². The minimum atomic E-state index is -3.61. The van der Waals surface area contributed by atoms with Crippen LogP contribution in [0.25, 0.3) is 0 Å². The Morgan fingerprint density at radius 3 is 2.21 bits per heavy atom. The van der Waals surface area contributed by atoms with E-state index in [0.29, 0.717) is 0 Å². The van der Waals surface area contributed by atoms with Gasteiger partial charge in [-0.25, -0.2) is 8.42 Å². The van der Waals surface area contributed by atoms with E-state index in [9.17, 15) is 22.8 Å². The highest BCUT2D eigenvalue weighted by atomic mass is 32.2. The van der Waals surface area contributed by atoms with E-state index < -0.39 is 39.6 Å². The van der Waals surface area contributed by atoms with Crippen molar-refractivity contribution in [3.63, 3.8) is 0 Å². The predicted octanol–water partition coefficient (Wildman–Crippen LogP) is 1.08. The number of hydrogen-bond acceptors (Lipinski definition) is 6. The molecule has 0 fully saturated rings. The highest BCUT2D eigenvalue weighted by molar-refractivity contribution is 7.91. The standard InChI is InChI=1S/C19H28N2O6S/c1-14-6-8-15(9-7-14)28(25,26)11-10-18(24)27-13-17(23)21(5)12-16(22)20-19(2,3)4/h6-9H,10-13H2,1-5H3,(H,20,22). The molecular formula is C19H28N2O6S. The number of ether oxygens (including phenoxy) is 1. The zero-order chi connectivity index (χ0) is 21.5. The van der Waals surface area contributed by atoms with E-state index in [1.165, 1.54) is 19.2 Å². The number of aryl methyl sites for hydroxylation is 1. The fourth-order valence-corrected chi connectivity index (χ4v) is 3.39. The second kappa shape index (κ2) is 9.68. The fourth-order valence-electron chi connectivity index (χ4n) is 2.17. The van der Waals surface area contributed by atoms with Crippen LogP contribution in [0.4, 0.5) is 0 Å². The lowest BCUT2D eigenvalue weighted by Crippen LogP contribution is -2.46. The van der Waals surface area contributed by atoms with Gasteiger partial charge in [-0.15, -0.1) is 0 Å². The number of nitrogens with one attached hydrogen (secondary N) is 1. The van der Waals surface area contributed by atoms with Crippen molar-refractivity contribution in [2.75, 3.05) is 26.0 Å². The molecule has 1 aromatic carbocycles. The van der Waals surface area contributed by atoms with Crippen molar-refractivity contribution in [3.05, 3.63) is 29.8 Å². The molecule has 28 heavy (non-hydrogen) atoms. The number of carbonyl (C=O) groups is 3. The molecule has 0 heterocycles. The molecule has 1 rings (SSSR count).